The van der Waals surface area contributed by atoms with Gasteiger partial charge in [-0.3, -0.25) is 14.0 Å². The summed E-state index contributed by atoms with van der Waals surface area (Å²) in [6, 6.07) is 21.3. The van der Waals surface area contributed by atoms with Crippen molar-refractivity contribution in [2.45, 2.75) is 125 Å². The molecule has 58 heavy (non-hydrogen) atoms. The van der Waals surface area contributed by atoms with E-state index in [1.807, 2.05) is 63.5 Å². The zero-order valence-electron chi connectivity index (χ0n) is 37.5. The average Bonchev–Trinajstić information content (AvgIpc) is 3.48. The summed E-state index contributed by atoms with van der Waals surface area (Å²) in [7, 11) is -5.21. The van der Waals surface area contributed by atoms with Gasteiger partial charge in [0, 0.05) is 31.5 Å². The Kier molecular flexibility index (Phi) is 25.0. The van der Waals surface area contributed by atoms with E-state index in [-0.39, 0.29) is 16.5 Å². The minimum absolute atomic E-state index is 0.0509. The van der Waals surface area contributed by atoms with Crippen LogP contribution in [0.15, 0.2) is 88.8 Å². The van der Waals surface area contributed by atoms with Gasteiger partial charge in [0.15, 0.2) is 15.6 Å². The molecule has 324 valence electrons. The number of aryl methyl sites for hydroxylation is 1. The molecule has 0 saturated carbocycles. The number of Topliss-reactive ketones (excluding diaryl/α,β-unsaturated/α-hetero) is 2. The quantitative estimate of drug-likeness (QED) is 0.102. The third-order valence-corrected chi connectivity index (χ3v) is 9.82. The van der Waals surface area contributed by atoms with E-state index in [2.05, 4.69) is 65.7 Å². The highest BCUT2D eigenvalue weighted by atomic mass is 32.2. The summed E-state index contributed by atoms with van der Waals surface area (Å²) < 4.78 is 54.2. The van der Waals surface area contributed by atoms with Crippen molar-refractivity contribution >= 4 is 31.5 Å². The number of benzene rings is 3. The SMILES string of the molecule is CC(=O)CC(C)C.CC(=O)c1ccc(CC(C)C)cc1.CC(C)Cc1ccc(S(=O)(=O)O)cc1.CC(C)Cc1ccc(S(C)(=O)=O)cc1.CC(C)Cc1cn(C)nn1. The smallest absolute Gasteiger partial charge is 0.294 e. The molecule has 1 N–H and O–H groups in total. The Morgan fingerprint density at radius 2 is 0.948 bits per heavy atom. The van der Waals surface area contributed by atoms with Crippen LogP contribution in [0.1, 0.15) is 122 Å². The number of sulfone groups is 1. The summed E-state index contributed by atoms with van der Waals surface area (Å²) in [4.78, 5) is 21.6. The molecule has 12 heteroatoms. The Labute approximate surface area is 350 Å². The van der Waals surface area contributed by atoms with Gasteiger partial charge in [-0.1, -0.05) is 123 Å². The molecule has 0 atom stereocenters. The van der Waals surface area contributed by atoms with Crippen LogP contribution in [0.2, 0.25) is 0 Å². The van der Waals surface area contributed by atoms with E-state index in [4.69, 9.17) is 4.55 Å². The second-order valence-electron chi connectivity index (χ2n) is 16.9. The number of ketones is 2. The molecule has 0 spiro atoms. The molecule has 0 aliphatic carbocycles. The third-order valence-electron chi connectivity index (χ3n) is 7.83. The van der Waals surface area contributed by atoms with Crippen molar-refractivity contribution < 1.29 is 31.0 Å². The maximum atomic E-state index is 11.2. The Bertz CT molecular complexity index is 1900. The largest absolute Gasteiger partial charge is 0.300 e. The van der Waals surface area contributed by atoms with Crippen molar-refractivity contribution in [1.82, 2.24) is 15.0 Å². The van der Waals surface area contributed by atoms with Crippen molar-refractivity contribution in [1.29, 1.82) is 0 Å². The normalized spacial score (nSPS) is 11.2. The van der Waals surface area contributed by atoms with Crippen LogP contribution in [-0.2, 0) is 57.5 Å². The monoisotopic (exact) mass is 841 g/mol. The summed E-state index contributed by atoms with van der Waals surface area (Å²) in [6.07, 6.45) is 7.91. The lowest BCUT2D eigenvalue weighted by Gasteiger charge is -2.05. The summed E-state index contributed by atoms with van der Waals surface area (Å²) in [5.41, 5.74) is 5.45. The van der Waals surface area contributed by atoms with Crippen molar-refractivity contribution in [3.05, 3.63) is 107 Å². The maximum Gasteiger partial charge on any atom is 0.294 e. The van der Waals surface area contributed by atoms with E-state index in [1.165, 1.54) is 29.5 Å². The topological polar surface area (TPSA) is 153 Å². The minimum atomic E-state index is -4.05. The molecule has 0 saturated heterocycles. The van der Waals surface area contributed by atoms with Crippen molar-refractivity contribution in [3.63, 3.8) is 0 Å². The highest BCUT2D eigenvalue weighted by Crippen LogP contribution is 2.15. The van der Waals surface area contributed by atoms with Crippen LogP contribution in [0.25, 0.3) is 0 Å². The molecule has 3 aromatic carbocycles. The Balaban J connectivity index is 0.000000713. The summed E-state index contributed by atoms with van der Waals surface area (Å²) in [5, 5.41) is 7.81. The number of aromatic nitrogens is 3. The van der Waals surface area contributed by atoms with Gasteiger partial charge in [0.25, 0.3) is 10.1 Å². The number of nitrogens with zero attached hydrogens (tertiary/aromatic N) is 3. The molecular formula is C46H71N3O7S2. The standard InChI is InChI=1S/C12H16O.C11H16O2S.C10H14O3S.C7H13N3.C6H12O/c1-9(2)8-11-4-6-12(7-5-11)10(3)13;1-9(2)8-10-4-6-11(7-5-10)14(3,12)13;1-8(2)7-9-3-5-10(6-4-9)14(11,12)13;1-6(2)4-7-5-10(3)9-8-7;1-5(2)4-6(3)7/h4-7,9H,8H2,1-3H3;4-7,9H,8H2,1-3H3;3-6,8H,7H2,1-2H3,(H,11,12,13);5-6H,4H2,1-3H3;5H,4H2,1-3H3. The van der Waals surface area contributed by atoms with Gasteiger partial charge in [-0.15, -0.1) is 5.10 Å². The number of carbonyl (C=O) groups excluding carboxylic acids is 2. The van der Waals surface area contributed by atoms with Crippen molar-refractivity contribution in [2.24, 2.45) is 36.6 Å². The second kappa shape index (κ2) is 26.9. The van der Waals surface area contributed by atoms with Gasteiger partial charge in [-0.25, -0.2) is 8.42 Å². The van der Waals surface area contributed by atoms with Crippen LogP contribution in [0.3, 0.4) is 0 Å². The first kappa shape index (κ1) is 54.0. The fourth-order valence-corrected chi connectivity index (χ4v) is 6.55. The Morgan fingerprint density at radius 1 is 0.586 bits per heavy atom. The lowest BCUT2D eigenvalue weighted by Crippen LogP contribution is -1.99. The number of carbonyl (C=O) groups is 2. The van der Waals surface area contributed by atoms with E-state index >= 15 is 0 Å². The van der Waals surface area contributed by atoms with Crippen LogP contribution in [0.5, 0.6) is 0 Å². The summed E-state index contributed by atoms with van der Waals surface area (Å²) in [5.74, 6) is 3.41. The molecular weight excluding hydrogens is 771 g/mol. The van der Waals surface area contributed by atoms with Gasteiger partial charge < -0.3 is 4.79 Å². The van der Waals surface area contributed by atoms with Gasteiger partial charge in [-0.2, -0.15) is 8.42 Å². The van der Waals surface area contributed by atoms with Crippen LogP contribution < -0.4 is 0 Å². The first-order valence-electron chi connectivity index (χ1n) is 20.0. The molecule has 0 aliphatic rings. The predicted molar refractivity (Wildman–Crippen MR) is 238 cm³/mol. The molecule has 0 aliphatic heterocycles. The van der Waals surface area contributed by atoms with Crippen molar-refractivity contribution in [2.75, 3.05) is 6.26 Å². The van der Waals surface area contributed by atoms with Crippen LogP contribution in [0.4, 0.5) is 0 Å². The maximum absolute atomic E-state index is 11.2. The van der Waals surface area contributed by atoms with Gasteiger partial charge >= 0.3 is 0 Å². The van der Waals surface area contributed by atoms with Gasteiger partial charge in [-0.05, 0) is 110 Å². The van der Waals surface area contributed by atoms with Crippen LogP contribution >= 0.6 is 0 Å². The van der Waals surface area contributed by atoms with Gasteiger partial charge in [0.2, 0.25) is 0 Å². The number of hydrogen-bond acceptors (Lipinski definition) is 8. The fourth-order valence-electron chi connectivity index (χ4n) is 5.44. The Hall–Kier alpha value is -4.00. The summed E-state index contributed by atoms with van der Waals surface area (Å²) in [6.45, 7) is 24.5. The predicted octanol–water partition coefficient (Wildman–Crippen LogP) is 10.1. The zero-order chi connectivity index (χ0) is 44.8. The molecule has 0 radical (unpaired) electrons. The van der Waals surface area contributed by atoms with E-state index in [0.717, 1.165) is 48.9 Å². The van der Waals surface area contributed by atoms with Crippen LogP contribution in [0, 0.1) is 29.6 Å². The molecule has 0 unspecified atom stereocenters. The molecule has 0 fully saturated rings. The highest BCUT2D eigenvalue weighted by molar-refractivity contribution is 7.90. The highest BCUT2D eigenvalue weighted by Gasteiger charge is 2.09. The molecule has 4 aromatic rings. The average molecular weight is 842 g/mol. The van der Waals surface area contributed by atoms with E-state index in [1.54, 1.807) is 42.8 Å². The first-order valence-corrected chi connectivity index (χ1v) is 23.3. The molecule has 0 amide bonds. The second-order valence-corrected chi connectivity index (χ2v) is 20.3. The minimum Gasteiger partial charge on any atom is -0.300 e. The molecule has 1 heterocycles. The van der Waals surface area contributed by atoms with E-state index < -0.39 is 20.0 Å². The molecule has 1 aromatic heterocycles. The van der Waals surface area contributed by atoms with Crippen LogP contribution in [-0.4, -0.2) is 54.2 Å². The lowest BCUT2D eigenvalue weighted by molar-refractivity contribution is -0.117. The molecule has 0 bridgehead atoms. The van der Waals surface area contributed by atoms with Gasteiger partial charge in [0.1, 0.15) is 5.78 Å². The first-order chi connectivity index (χ1) is 26.7. The number of rotatable bonds is 13. The Morgan fingerprint density at radius 3 is 1.19 bits per heavy atom. The lowest BCUT2D eigenvalue weighted by atomic mass is 10.0. The van der Waals surface area contributed by atoms with Crippen molar-refractivity contribution in [3.8, 4) is 0 Å². The molecule has 4 rings (SSSR count). The zero-order valence-corrected chi connectivity index (χ0v) is 39.1. The van der Waals surface area contributed by atoms with Gasteiger partial charge in [0.05, 0.1) is 15.5 Å². The molecule has 10 nitrogen and oxygen atoms in total. The number of hydrogen-bond donors (Lipinski definition) is 1. The van der Waals surface area contributed by atoms with E-state index in [0.29, 0.717) is 34.5 Å². The fraction of sp³-hybridized carbons (Fsp3) is 0.522. The van der Waals surface area contributed by atoms with E-state index in [9.17, 15) is 26.4 Å². The summed E-state index contributed by atoms with van der Waals surface area (Å²) >= 11 is 0. The third kappa shape index (κ3) is 26.8.